The number of nitrogens with one attached hydrogen (secondary N) is 3. The third-order valence-electron chi connectivity index (χ3n) is 3.69. The number of hydrazine groups is 1. The molecule has 2 heterocycles. The lowest BCUT2D eigenvalue weighted by atomic mass is 10.1. The maximum absolute atomic E-state index is 12.0. The molecule has 0 fully saturated rings. The fourth-order valence-electron chi connectivity index (χ4n) is 2.39. The molecule has 7 heteroatoms. The quantitative estimate of drug-likeness (QED) is 0.599. The Labute approximate surface area is 146 Å². The zero-order chi connectivity index (χ0) is 17.1. The minimum atomic E-state index is -0.418. The minimum Gasteiger partial charge on any atom is -0.464 e. The van der Waals surface area contributed by atoms with E-state index < -0.39 is 5.91 Å². The number of aromatic nitrogens is 1. The van der Waals surface area contributed by atoms with Crippen LogP contribution in [-0.2, 0) is 17.6 Å². The van der Waals surface area contributed by atoms with Gasteiger partial charge in [-0.25, -0.2) is 0 Å². The highest BCUT2D eigenvalue weighted by Gasteiger charge is 2.13. The van der Waals surface area contributed by atoms with Crippen molar-refractivity contribution in [2.75, 3.05) is 0 Å². The Kier molecular flexibility index (Phi) is 4.71. The van der Waals surface area contributed by atoms with Crippen LogP contribution in [0.2, 0.25) is 0 Å². The zero-order valence-electron chi connectivity index (χ0n) is 13.0. The lowest BCUT2D eigenvalue weighted by Crippen LogP contribution is -2.42. The molecule has 0 unspecified atom stereocenters. The van der Waals surface area contributed by atoms with Gasteiger partial charge in [-0.05, 0) is 40.0 Å². The van der Waals surface area contributed by atoms with Crippen molar-refractivity contribution in [1.82, 2.24) is 15.8 Å². The molecular formula is C17H16BrN3O3. The molecule has 3 N–H and O–H groups in total. The topological polar surface area (TPSA) is 87.1 Å². The molecule has 1 aromatic carbocycles. The summed E-state index contributed by atoms with van der Waals surface area (Å²) in [6.45, 7) is 2.07. The smallest absolute Gasteiger partial charge is 0.286 e. The number of fused-ring (bicyclic) bond motifs is 1. The van der Waals surface area contributed by atoms with Crippen LogP contribution in [0.1, 0.15) is 28.5 Å². The van der Waals surface area contributed by atoms with Crippen LogP contribution >= 0.6 is 15.9 Å². The first-order chi connectivity index (χ1) is 11.6. The lowest BCUT2D eigenvalue weighted by molar-refractivity contribution is -0.121. The third kappa shape index (κ3) is 3.51. The summed E-state index contributed by atoms with van der Waals surface area (Å²) in [4.78, 5) is 26.7. The Balaban J connectivity index is 1.62. The van der Waals surface area contributed by atoms with Gasteiger partial charge in [-0.3, -0.25) is 20.4 Å². The Bertz CT molecular complexity index is 898. The number of furan rings is 1. The highest BCUT2D eigenvalue weighted by Crippen LogP contribution is 2.23. The van der Waals surface area contributed by atoms with Gasteiger partial charge in [0.1, 0.15) is 11.3 Å². The molecule has 2 aromatic heterocycles. The summed E-state index contributed by atoms with van der Waals surface area (Å²) in [6.07, 6.45) is 4.26. The first-order valence-electron chi connectivity index (χ1n) is 7.49. The molecule has 0 radical (unpaired) electrons. The van der Waals surface area contributed by atoms with Crippen molar-refractivity contribution in [2.24, 2.45) is 0 Å². The molecule has 24 heavy (non-hydrogen) atoms. The predicted molar refractivity (Wildman–Crippen MR) is 93.4 cm³/mol. The average Bonchev–Trinajstić information content (AvgIpc) is 3.19. The number of aryl methyl sites for hydroxylation is 1. The van der Waals surface area contributed by atoms with E-state index in [4.69, 9.17) is 4.42 Å². The first-order valence-corrected chi connectivity index (χ1v) is 8.28. The van der Waals surface area contributed by atoms with E-state index >= 15 is 0 Å². The van der Waals surface area contributed by atoms with E-state index in [0.29, 0.717) is 5.69 Å². The van der Waals surface area contributed by atoms with Crippen molar-refractivity contribution in [3.63, 3.8) is 0 Å². The van der Waals surface area contributed by atoms with Gasteiger partial charge in [0.05, 0.1) is 12.7 Å². The van der Waals surface area contributed by atoms with E-state index in [0.717, 1.165) is 27.4 Å². The number of amides is 2. The van der Waals surface area contributed by atoms with Gasteiger partial charge in [0.15, 0.2) is 0 Å². The number of carbonyl (C=O) groups excluding carboxylic acids is 2. The summed E-state index contributed by atoms with van der Waals surface area (Å²) in [5.41, 5.74) is 7.84. The molecule has 0 bridgehead atoms. The summed E-state index contributed by atoms with van der Waals surface area (Å²) in [5, 5.41) is 0.905. The van der Waals surface area contributed by atoms with E-state index in [2.05, 4.69) is 38.7 Å². The van der Waals surface area contributed by atoms with Crippen molar-refractivity contribution in [3.8, 4) is 0 Å². The van der Waals surface area contributed by atoms with E-state index in [9.17, 15) is 9.59 Å². The van der Waals surface area contributed by atoms with E-state index in [-0.39, 0.29) is 12.3 Å². The van der Waals surface area contributed by atoms with Crippen LogP contribution < -0.4 is 10.9 Å². The summed E-state index contributed by atoms with van der Waals surface area (Å²) in [5.74, 6) is -0.741. The van der Waals surface area contributed by atoms with E-state index in [1.807, 2.05) is 18.2 Å². The van der Waals surface area contributed by atoms with Crippen LogP contribution in [0, 0.1) is 0 Å². The van der Waals surface area contributed by atoms with Crippen molar-refractivity contribution >= 4 is 38.7 Å². The van der Waals surface area contributed by atoms with Gasteiger partial charge < -0.3 is 9.40 Å². The maximum atomic E-state index is 12.0. The summed E-state index contributed by atoms with van der Waals surface area (Å²) >= 11 is 3.24. The van der Waals surface area contributed by atoms with Crippen LogP contribution in [0.3, 0.4) is 0 Å². The van der Waals surface area contributed by atoms with Crippen molar-refractivity contribution < 1.29 is 14.0 Å². The molecule has 0 aliphatic carbocycles. The second-order valence-electron chi connectivity index (χ2n) is 5.36. The van der Waals surface area contributed by atoms with Gasteiger partial charge in [0.25, 0.3) is 5.91 Å². The largest absolute Gasteiger partial charge is 0.464 e. The van der Waals surface area contributed by atoms with Crippen LogP contribution in [0.15, 0.2) is 45.6 Å². The SMILES string of the molecule is CCc1ccc2c(CC(=O)NNC(=O)c3cc(Br)c[nH]3)coc2c1. The van der Waals surface area contributed by atoms with Gasteiger partial charge in [0.2, 0.25) is 5.91 Å². The molecule has 0 aliphatic rings. The predicted octanol–water partition coefficient (Wildman–Crippen LogP) is 3.09. The van der Waals surface area contributed by atoms with E-state index in [1.165, 1.54) is 5.56 Å². The number of carbonyl (C=O) groups is 2. The fraction of sp³-hybridized carbons (Fsp3) is 0.176. The molecule has 3 rings (SSSR count). The van der Waals surface area contributed by atoms with Crippen LogP contribution in [0.25, 0.3) is 11.0 Å². The number of aromatic amines is 1. The van der Waals surface area contributed by atoms with Crippen LogP contribution in [-0.4, -0.2) is 16.8 Å². The van der Waals surface area contributed by atoms with Crippen LogP contribution in [0.5, 0.6) is 0 Å². The first kappa shape index (κ1) is 16.3. The third-order valence-corrected chi connectivity index (χ3v) is 4.15. The lowest BCUT2D eigenvalue weighted by Gasteiger charge is -2.05. The van der Waals surface area contributed by atoms with Gasteiger partial charge in [-0.2, -0.15) is 0 Å². The number of benzene rings is 1. The fourth-order valence-corrected chi connectivity index (χ4v) is 2.74. The summed E-state index contributed by atoms with van der Waals surface area (Å²) in [6, 6.07) is 7.57. The van der Waals surface area contributed by atoms with Crippen molar-refractivity contribution in [1.29, 1.82) is 0 Å². The average molecular weight is 390 g/mol. The molecule has 0 atom stereocenters. The van der Waals surface area contributed by atoms with Crippen molar-refractivity contribution in [2.45, 2.75) is 19.8 Å². The summed E-state index contributed by atoms with van der Waals surface area (Å²) < 4.78 is 6.27. The Morgan fingerprint density at radius 1 is 1.25 bits per heavy atom. The van der Waals surface area contributed by atoms with Gasteiger partial charge in [-0.1, -0.05) is 19.1 Å². The highest BCUT2D eigenvalue weighted by atomic mass is 79.9. The normalized spacial score (nSPS) is 10.8. The van der Waals surface area contributed by atoms with Gasteiger partial charge in [0, 0.05) is 21.6 Å². The van der Waals surface area contributed by atoms with Gasteiger partial charge in [-0.15, -0.1) is 0 Å². The number of rotatable bonds is 4. The molecule has 124 valence electrons. The molecule has 0 saturated carbocycles. The Hall–Kier alpha value is -2.54. The molecule has 0 aliphatic heterocycles. The Morgan fingerprint density at radius 3 is 2.79 bits per heavy atom. The zero-order valence-corrected chi connectivity index (χ0v) is 14.6. The minimum absolute atomic E-state index is 0.118. The highest BCUT2D eigenvalue weighted by molar-refractivity contribution is 9.10. The molecular weight excluding hydrogens is 374 g/mol. The number of H-pyrrole nitrogens is 1. The summed E-state index contributed by atoms with van der Waals surface area (Å²) in [7, 11) is 0. The standard InChI is InChI=1S/C17H16BrN3O3/c1-2-10-3-4-13-11(9-24-15(13)5-10)6-16(22)20-21-17(23)14-7-12(18)8-19-14/h3-5,7-9,19H,2,6H2,1H3,(H,20,22)(H,21,23). The van der Waals surface area contributed by atoms with Crippen molar-refractivity contribution in [3.05, 3.63) is 58.0 Å². The maximum Gasteiger partial charge on any atom is 0.286 e. The monoisotopic (exact) mass is 389 g/mol. The second-order valence-corrected chi connectivity index (χ2v) is 6.27. The van der Waals surface area contributed by atoms with Crippen LogP contribution in [0.4, 0.5) is 0 Å². The molecule has 3 aromatic rings. The Morgan fingerprint density at radius 2 is 2.08 bits per heavy atom. The second kappa shape index (κ2) is 6.92. The molecule has 6 nitrogen and oxygen atoms in total. The number of hydrogen-bond donors (Lipinski definition) is 3. The number of hydrogen-bond acceptors (Lipinski definition) is 3. The molecule has 0 saturated heterocycles. The number of halogens is 1. The molecule has 2 amide bonds. The van der Waals surface area contributed by atoms with Gasteiger partial charge >= 0.3 is 0 Å². The van der Waals surface area contributed by atoms with E-state index in [1.54, 1.807) is 18.5 Å². The molecule has 0 spiro atoms.